The van der Waals surface area contributed by atoms with Gasteiger partial charge in [0.25, 0.3) is 0 Å². The van der Waals surface area contributed by atoms with Crippen LogP contribution in [0.25, 0.3) is 0 Å². The molecular formula is C7H10N2O2S2. The maximum Gasteiger partial charge on any atom is 0.215 e. The maximum absolute atomic E-state index is 11.1. The Morgan fingerprint density at radius 1 is 1.69 bits per heavy atom. The fourth-order valence-corrected chi connectivity index (χ4v) is 2.16. The summed E-state index contributed by atoms with van der Waals surface area (Å²) in [4.78, 5) is 3.95. The van der Waals surface area contributed by atoms with Gasteiger partial charge in [-0.25, -0.2) is 18.1 Å². The Balaban J connectivity index is 2.47. The molecule has 0 saturated heterocycles. The summed E-state index contributed by atoms with van der Waals surface area (Å²) in [5.74, 6) is -0.0572. The molecule has 0 aliphatic rings. The number of nitrogens with one attached hydrogen (secondary N) is 1. The van der Waals surface area contributed by atoms with Crippen molar-refractivity contribution in [2.45, 2.75) is 6.54 Å². The van der Waals surface area contributed by atoms with Crippen molar-refractivity contribution < 1.29 is 8.42 Å². The molecule has 0 fully saturated rings. The van der Waals surface area contributed by atoms with E-state index in [0.29, 0.717) is 0 Å². The summed E-state index contributed by atoms with van der Waals surface area (Å²) in [5, 5.41) is 2.56. The smallest absolute Gasteiger partial charge is 0.215 e. The minimum Gasteiger partial charge on any atom is -0.248 e. The molecule has 1 aromatic rings. The summed E-state index contributed by atoms with van der Waals surface area (Å²) in [7, 11) is -3.21. The highest BCUT2D eigenvalue weighted by Crippen LogP contribution is 2.03. The van der Waals surface area contributed by atoms with E-state index < -0.39 is 10.0 Å². The summed E-state index contributed by atoms with van der Waals surface area (Å²) in [6.07, 6.45) is 2.99. The fourth-order valence-electron chi connectivity index (χ4n) is 0.726. The molecule has 1 rings (SSSR count). The molecule has 1 aromatic heterocycles. The van der Waals surface area contributed by atoms with Crippen LogP contribution in [0, 0.1) is 0 Å². The zero-order chi connectivity index (χ0) is 9.73. The van der Waals surface area contributed by atoms with Gasteiger partial charge < -0.3 is 0 Å². The first-order chi connectivity index (χ1) is 6.14. The number of hydrogen-bond acceptors (Lipinski definition) is 4. The lowest BCUT2D eigenvalue weighted by atomic mass is 10.7. The van der Waals surface area contributed by atoms with Gasteiger partial charge in [0.05, 0.1) is 12.3 Å². The summed E-state index contributed by atoms with van der Waals surface area (Å²) in [5.41, 5.74) is 0. The average Bonchev–Trinajstić information content (AvgIpc) is 2.52. The first-order valence-electron chi connectivity index (χ1n) is 3.60. The highest BCUT2D eigenvalue weighted by atomic mass is 32.2. The molecule has 6 heteroatoms. The van der Waals surface area contributed by atoms with Gasteiger partial charge in [-0.1, -0.05) is 6.08 Å². The van der Waals surface area contributed by atoms with Crippen LogP contribution in [-0.2, 0) is 16.6 Å². The van der Waals surface area contributed by atoms with Crippen LogP contribution in [0.1, 0.15) is 5.01 Å². The first-order valence-corrected chi connectivity index (χ1v) is 6.14. The second kappa shape index (κ2) is 4.50. The van der Waals surface area contributed by atoms with E-state index in [1.165, 1.54) is 17.4 Å². The predicted octanol–water partition coefficient (Wildman–Crippen LogP) is 0.748. The minimum atomic E-state index is -3.21. The van der Waals surface area contributed by atoms with Gasteiger partial charge in [-0.05, 0) is 0 Å². The number of rotatable bonds is 5. The Morgan fingerprint density at radius 2 is 2.46 bits per heavy atom. The normalized spacial score (nSPS) is 11.4. The molecule has 0 amide bonds. The van der Waals surface area contributed by atoms with Gasteiger partial charge in [0.15, 0.2) is 0 Å². The van der Waals surface area contributed by atoms with Crippen LogP contribution in [-0.4, -0.2) is 19.2 Å². The zero-order valence-electron chi connectivity index (χ0n) is 6.93. The van der Waals surface area contributed by atoms with Crippen LogP contribution in [0.3, 0.4) is 0 Å². The van der Waals surface area contributed by atoms with E-state index in [9.17, 15) is 8.42 Å². The van der Waals surface area contributed by atoms with Gasteiger partial charge in [0, 0.05) is 11.6 Å². The third-order valence-corrected chi connectivity index (χ3v) is 3.30. The average molecular weight is 218 g/mol. The van der Waals surface area contributed by atoms with Crippen molar-refractivity contribution in [2.24, 2.45) is 0 Å². The van der Waals surface area contributed by atoms with Crippen molar-refractivity contribution in [1.82, 2.24) is 9.71 Å². The van der Waals surface area contributed by atoms with E-state index in [1.54, 1.807) is 11.6 Å². The highest BCUT2D eigenvalue weighted by Gasteiger charge is 2.07. The van der Waals surface area contributed by atoms with E-state index in [4.69, 9.17) is 0 Å². The van der Waals surface area contributed by atoms with E-state index >= 15 is 0 Å². The number of hydrogen-bond donors (Lipinski definition) is 1. The van der Waals surface area contributed by atoms with Gasteiger partial charge in [-0.2, -0.15) is 0 Å². The Morgan fingerprint density at radius 3 is 3.00 bits per heavy atom. The lowest BCUT2D eigenvalue weighted by Gasteiger charge is -2.00. The number of aromatic nitrogens is 1. The Bertz CT molecular complexity index is 356. The summed E-state index contributed by atoms with van der Waals surface area (Å²) in [6, 6.07) is 0. The molecule has 72 valence electrons. The monoisotopic (exact) mass is 218 g/mol. The number of sulfonamides is 1. The molecule has 0 spiro atoms. The van der Waals surface area contributed by atoms with E-state index in [2.05, 4.69) is 16.3 Å². The molecular weight excluding hydrogens is 208 g/mol. The molecule has 0 bridgehead atoms. The first kappa shape index (κ1) is 10.4. The third kappa shape index (κ3) is 3.67. The molecule has 0 aliphatic heterocycles. The largest absolute Gasteiger partial charge is 0.248 e. The number of nitrogens with zero attached hydrogens (tertiary/aromatic N) is 1. The van der Waals surface area contributed by atoms with Gasteiger partial charge >= 0.3 is 0 Å². The topological polar surface area (TPSA) is 59.1 Å². The van der Waals surface area contributed by atoms with Crippen molar-refractivity contribution in [3.63, 3.8) is 0 Å². The predicted molar refractivity (Wildman–Crippen MR) is 52.9 cm³/mol. The second-order valence-corrected chi connectivity index (χ2v) is 5.15. The molecule has 13 heavy (non-hydrogen) atoms. The molecule has 1 heterocycles. The molecule has 0 aromatic carbocycles. The SMILES string of the molecule is C=CCS(=O)(=O)NCc1nccs1. The van der Waals surface area contributed by atoms with Crippen molar-refractivity contribution in [3.05, 3.63) is 29.2 Å². The van der Waals surface area contributed by atoms with Crippen molar-refractivity contribution in [3.8, 4) is 0 Å². The van der Waals surface area contributed by atoms with Gasteiger partial charge in [-0.15, -0.1) is 17.9 Å². The van der Waals surface area contributed by atoms with E-state index in [1.807, 2.05) is 0 Å². The lowest BCUT2D eigenvalue weighted by Crippen LogP contribution is -2.24. The second-order valence-electron chi connectivity index (χ2n) is 2.32. The molecule has 0 saturated carbocycles. The highest BCUT2D eigenvalue weighted by molar-refractivity contribution is 7.89. The maximum atomic E-state index is 11.1. The van der Waals surface area contributed by atoms with Crippen LogP contribution in [0.15, 0.2) is 24.2 Å². The standard InChI is InChI=1S/C7H10N2O2S2/c1-2-5-13(10,11)9-6-7-8-3-4-12-7/h2-4,9H,1,5-6H2. The molecule has 1 N–H and O–H groups in total. The van der Waals surface area contributed by atoms with Crippen LogP contribution in [0.5, 0.6) is 0 Å². The third-order valence-electron chi connectivity index (χ3n) is 1.26. The Hall–Kier alpha value is -0.720. The molecule has 0 unspecified atom stereocenters. The van der Waals surface area contributed by atoms with Gasteiger partial charge in [0.2, 0.25) is 10.0 Å². The minimum absolute atomic E-state index is 0.0572. The quantitative estimate of drug-likeness (QED) is 0.742. The summed E-state index contributed by atoms with van der Waals surface area (Å²) >= 11 is 1.42. The summed E-state index contributed by atoms with van der Waals surface area (Å²) < 4.78 is 24.7. The van der Waals surface area contributed by atoms with E-state index in [0.717, 1.165) is 5.01 Å². The van der Waals surface area contributed by atoms with Crippen molar-refractivity contribution in [1.29, 1.82) is 0 Å². The van der Waals surface area contributed by atoms with Gasteiger partial charge in [0.1, 0.15) is 5.01 Å². The van der Waals surface area contributed by atoms with Gasteiger partial charge in [-0.3, -0.25) is 0 Å². The van der Waals surface area contributed by atoms with Crippen LogP contribution in [0.4, 0.5) is 0 Å². The van der Waals surface area contributed by atoms with Crippen LogP contribution < -0.4 is 4.72 Å². The molecule has 4 nitrogen and oxygen atoms in total. The Labute approximate surface area is 81.4 Å². The van der Waals surface area contributed by atoms with Crippen molar-refractivity contribution >= 4 is 21.4 Å². The zero-order valence-corrected chi connectivity index (χ0v) is 8.57. The lowest BCUT2D eigenvalue weighted by molar-refractivity contribution is 0.584. The Kier molecular flexibility index (Phi) is 3.58. The fraction of sp³-hybridized carbons (Fsp3) is 0.286. The van der Waals surface area contributed by atoms with Crippen LogP contribution in [0.2, 0.25) is 0 Å². The van der Waals surface area contributed by atoms with Crippen molar-refractivity contribution in [2.75, 3.05) is 5.75 Å². The van der Waals surface area contributed by atoms with E-state index in [-0.39, 0.29) is 12.3 Å². The molecule has 0 radical (unpaired) electrons. The number of thiazole rings is 1. The molecule has 0 atom stereocenters. The summed E-state index contributed by atoms with van der Waals surface area (Å²) in [6.45, 7) is 3.62. The van der Waals surface area contributed by atoms with Crippen LogP contribution >= 0.6 is 11.3 Å². The molecule has 0 aliphatic carbocycles.